The zero-order chi connectivity index (χ0) is 16.1. The second-order valence-electron chi connectivity index (χ2n) is 9.21. The van der Waals surface area contributed by atoms with Crippen LogP contribution in [0, 0.1) is 23.2 Å². The summed E-state index contributed by atoms with van der Waals surface area (Å²) in [6.45, 7) is 6.47. The fraction of sp³-hybridized carbons (Fsp3) is 0.947. The van der Waals surface area contributed by atoms with Gasteiger partial charge in [-0.2, -0.15) is 0 Å². The molecular weight excluding hydrogens is 288 g/mol. The van der Waals surface area contributed by atoms with Gasteiger partial charge >= 0.3 is 0 Å². The van der Waals surface area contributed by atoms with Crippen molar-refractivity contribution < 1.29 is 9.90 Å². The van der Waals surface area contributed by atoms with E-state index in [2.05, 4.69) is 17.1 Å². The van der Waals surface area contributed by atoms with Gasteiger partial charge in [0.1, 0.15) is 0 Å². The highest BCUT2D eigenvalue weighted by Gasteiger charge is 2.57. The Bertz CT molecular complexity index is 464. The molecular formula is C19H32N2O2. The minimum Gasteiger partial charge on any atom is -0.390 e. The van der Waals surface area contributed by atoms with Crippen molar-refractivity contribution in [2.24, 2.45) is 23.2 Å². The van der Waals surface area contributed by atoms with Gasteiger partial charge in [0.15, 0.2) is 0 Å². The van der Waals surface area contributed by atoms with Crippen LogP contribution in [0.5, 0.6) is 0 Å². The molecule has 0 radical (unpaired) electrons. The smallest absolute Gasteiger partial charge is 0.220 e. The second kappa shape index (κ2) is 5.73. The molecule has 0 spiro atoms. The molecule has 2 unspecified atom stereocenters. The van der Waals surface area contributed by atoms with Crippen molar-refractivity contribution in [3.8, 4) is 0 Å². The standard InChI is InChI=1S/C19H32N2O2/c1-2-21-4-3-14(12-21)11-20-17(22)10-18-6-15-5-16(7-18)9-19(23,8-15)13-18/h14-16,23H,2-13H2,1H3,(H,20,22)/t14-,15-,16+,18?,19?/m0/s1. The normalized spacial score (nSPS) is 45.6. The largest absolute Gasteiger partial charge is 0.390 e. The molecule has 4 bridgehead atoms. The zero-order valence-electron chi connectivity index (χ0n) is 14.5. The Morgan fingerprint density at radius 1 is 1.26 bits per heavy atom. The average Bonchev–Trinajstić information content (AvgIpc) is 2.90. The highest BCUT2D eigenvalue weighted by molar-refractivity contribution is 5.76. The maximum absolute atomic E-state index is 12.5. The van der Waals surface area contributed by atoms with E-state index in [-0.39, 0.29) is 11.3 Å². The van der Waals surface area contributed by atoms with Crippen LogP contribution in [0.15, 0.2) is 0 Å². The van der Waals surface area contributed by atoms with Crippen molar-refractivity contribution in [2.45, 2.75) is 63.9 Å². The van der Waals surface area contributed by atoms with Gasteiger partial charge in [0.25, 0.3) is 0 Å². The monoisotopic (exact) mass is 320 g/mol. The van der Waals surface area contributed by atoms with Gasteiger partial charge in [-0.15, -0.1) is 0 Å². The van der Waals surface area contributed by atoms with Crippen LogP contribution in [0.25, 0.3) is 0 Å². The summed E-state index contributed by atoms with van der Waals surface area (Å²) in [5.74, 6) is 2.19. The van der Waals surface area contributed by atoms with E-state index in [4.69, 9.17) is 0 Å². The van der Waals surface area contributed by atoms with E-state index in [9.17, 15) is 9.90 Å². The maximum atomic E-state index is 12.5. The lowest BCUT2D eigenvalue weighted by Gasteiger charge is -2.60. The Labute approximate surface area is 140 Å². The van der Waals surface area contributed by atoms with E-state index >= 15 is 0 Å². The van der Waals surface area contributed by atoms with Crippen molar-refractivity contribution >= 4 is 5.91 Å². The summed E-state index contributed by atoms with van der Waals surface area (Å²) in [7, 11) is 0. The molecule has 0 aromatic rings. The summed E-state index contributed by atoms with van der Waals surface area (Å²) >= 11 is 0. The van der Waals surface area contributed by atoms with Crippen molar-refractivity contribution in [3.05, 3.63) is 0 Å². The molecule has 130 valence electrons. The van der Waals surface area contributed by atoms with Crippen molar-refractivity contribution in [1.82, 2.24) is 10.2 Å². The van der Waals surface area contributed by atoms with Gasteiger partial charge in [0.2, 0.25) is 5.91 Å². The lowest BCUT2D eigenvalue weighted by molar-refractivity contribution is -0.169. The minimum atomic E-state index is -0.447. The first kappa shape index (κ1) is 15.9. The number of carbonyl (C=O) groups is 1. The van der Waals surface area contributed by atoms with Gasteiger partial charge in [-0.25, -0.2) is 0 Å². The number of hydrogen-bond donors (Lipinski definition) is 2. The number of likely N-dealkylation sites (tertiary alicyclic amines) is 1. The van der Waals surface area contributed by atoms with Crippen molar-refractivity contribution in [1.29, 1.82) is 0 Å². The number of amides is 1. The molecule has 4 saturated carbocycles. The first-order valence-electron chi connectivity index (χ1n) is 9.69. The summed E-state index contributed by atoms with van der Waals surface area (Å²) in [4.78, 5) is 15.0. The molecule has 4 nitrogen and oxygen atoms in total. The highest BCUT2D eigenvalue weighted by atomic mass is 16.3. The van der Waals surface area contributed by atoms with Crippen LogP contribution in [-0.2, 0) is 4.79 Å². The minimum absolute atomic E-state index is 0.105. The number of hydrogen-bond acceptors (Lipinski definition) is 3. The second-order valence-corrected chi connectivity index (χ2v) is 9.21. The average molecular weight is 320 g/mol. The maximum Gasteiger partial charge on any atom is 0.220 e. The Kier molecular flexibility index (Phi) is 3.96. The molecule has 5 fully saturated rings. The lowest BCUT2D eigenvalue weighted by atomic mass is 9.47. The van der Waals surface area contributed by atoms with Crippen molar-refractivity contribution in [3.63, 3.8) is 0 Å². The predicted octanol–water partition coefficient (Wildman–Crippen LogP) is 2.17. The molecule has 2 N–H and O–H groups in total. The third kappa shape index (κ3) is 3.17. The molecule has 1 aliphatic heterocycles. The molecule has 5 rings (SSSR count). The van der Waals surface area contributed by atoms with Crippen molar-refractivity contribution in [2.75, 3.05) is 26.2 Å². The third-order valence-corrected chi connectivity index (χ3v) is 7.09. The quantitative estimate of drug-likeness (QED) is 0.816. The van der Waals surface area contributed by atoms with E-state index in [0.29, 0.717) is 24.2 Å². The molecule has 23 heavy (non-hydrogen) atoms. The fourth-order valence-corrected chi connectivity index (χ4v) is 6.64. The van der Waals surface area contributed by atoms with E-state index in [0.717, 1.165) is 38.9 Å². The molecule has 5 aliphatic rings. The first-order chi connectivity index (χ1) is 11.0. The fourth-order valence-electron chi connectivity index (χ4n) is 6.64. The van der Waals surface area contributed by atoms with Crippen LogP contribution in [0.3, 0.4) is 0 Å². The SMILES string of the molecule is CCN1CC[C@@H](CNC(=O)CC23C[C@@H]4C[C@@H](CC(O)(C4)C2)C3)C1. The van der Waals surface area contributed by atoms with E-state index in [1.54, 1.807) is 0 Å². The number of nitrogens with one attached hydrogen (secondary N) is 1. The van der Waals surface area contributed by atoms with Gasteiger partial charge < -0.3 is 15.3 Å². The molecule has 1 saturated heterocycles. The van der Waals surface area contributed by atoms with Crippen LogP contribution in [0.1, 0.15) is 58.3 Å². The van der Waals surface area contributed by atoms with Crippen LogP contribution < -0.4 is 5.32 Å². The Hall–Kier alpha value is -0.610. The van der Waals surface area contributed by atoms with Crippen LogP contribution in [0.4, 0.5) is 0 Å². The predicted molar refractivity (Wildman–Crippen MR) is 89.9 cm³/mol. The molecule has 1 amide bonds. The van der Waals surface area contributed by atoms with Gasteiger partial charge in [-0.05, 0) is 81.2 Å². The van der Waals surface area contributed by atoms with Crippen LogP contribution in [-0.4, -0.2) is 47.7 Å². The Morgan fingerprint density at radius 2 is 2.00 bits per heavy atom. The third-order valence-electron chi connectivity index (χ3n) is 7.09. The lowest BCUT2D eigenvalue weighted by Crippen LogP contribution is -2.56. The number of rotatable bonds is 5. The summed E-state index contributed by atoms with van der Waals surface area (Å²) in [6.07, 6.45) is 8.34. The van der Waals surface area contributed by atoms with Gasteiger partial charge in [0, 0.05) is 19.5 Å². The van der Waals surface area contributed by atoms with Gasteiger partial charge in [-0.1, -0.05) is 6.92 Å². The molecule has 4 heteroatoms. The number of aliphatic hydroxyl groups is 1. The van der Waals surface area contributed by atoms with E-state index < -0.39 is 5.60 Å². The number of nitrogens with zero attached hydrogens (tertiary/aromatic N) is 1. The Balaban J connectivity index is 1.31. The highest BCUT2D eigenvalue weighted by Crippen LogP contribution is 2.62. The summed E-state index contributed by atoms with van der Waals surface area (Å²) in [5.41, 5.74) is -0.342. The number of carbonyl (C=O) groups excluding carboxylic acids is 1. The zero-order valence-corrected chi connectivity index (χ0v) is 14.5. The van der Waals surface area contributed by atoms with E-state index in [1.165, 1.54) is 32.2 Å². The van der Waals surface area contributed by atoms with Gasteiger partial charge in [-0.3, -0.25) is 4.79 Å². The molecule has 1 heterocycles. The summed E-state index contributed by atoms with van der Waals surface area (Å²) in [6, 6.07) is 0. The molecule has 0 aromatic heterocycles. The van der Waals surface area contributed by atoms with Gasteiger partial charge in [0.05, 0.1) is 5.60 Å². The first-order valence-corrected chi connectivity index (χ1v) is 9.69. The topological polar surface area (TPSA) is 52.6 Å². The van der Waals surface area contributed by atoms with Crippen LogP contribution >= 0.6 is 0 Å². The molecule has 5 atom stereocenters. The van der Waals surface area contributed by atoms with Crippen LogP contribution in [0.2, 0.25) is 0 Å². The molecule has 4 aliphatic carbocycles. The van der Waals surface area contributed by atoms with E-state index in [1.807, 2.05) is 0 Å². The Morgan fingerprint density at radius 3 is 2.61 bits per heavy atom. The summed E-state index contributed by atoms with van der Waals surface area (Å²) in [5, 5.41) is 14.0. The summed E-state index contributed by atoms with van der Waals surface area (Å²) < 4.78 is 0. The molecule has 0 aromatic carbocycles.